The topological polar surface area (TPSA) is 257 Å². The van der Waals surface area contributed by atoms with Gasteiger partial charge in [0, 0.05) is 25.7 Å². The molecule has 15 nitrogen and oxygen atoms in total. The minimum Gasteiger partial charge on any atom is -0.481 e. The van der Waals surface area contributed by atoms with Crippen LogP contribution in [0.3, 0.4) is 0 Å². The van der Waals surface area contributed by atoms with Crippen molar-refractivity contribution in [1.82, 2.24) is 16.0 Å². The number of carbonyl (C=O) groups is 7. The van der Waals surface area contributed by atoms with Gasteiger partial charge in [0.05, 0.1) is 13.2 Å². The lowest BCUT2D eigenvalue weighted by atomic mass is 10.0. The highest BCUT2D eigenvalue weighted by atomic mass is 16.4. The van der Waals surface area contributed by atoms with Crippen LogP contribution in [0.25, 0.3) is 0 Å². The Morgan fingerprint density at radius 3 is 1.19 bits per heavy atom. The SMILES string of the molecule is O=CC(CO)(CO)NC(=O)CC[C@H](NC(=O)CC[C@H](NC(=O)CCCCCCCCCCCCCCCCC(=O)O)C(=O)O)C(=O)O. The van der Waals surface area contributed by atoms with E-state index in [1.54, 1.807) is 0 Å². The molecule has 2 atom stereocenters. The van der Waals surface area contributed by atoms with Crippen LogP contribution in [-0.2, 0) is 33.6 Å². The van der Waals surface area contributed by atoms with Crippen molar-refractivity contribution in [2.24, 2.45) is 0 Å². The maximum absolute atomic E-state index is 12.3. The number of amides is 3. The smallest absolute Gasteiger partial charge is 0.326 e. The number of nitrogens with one attached hydrogen (secondary N) is 3. The van der Waals surface area contributed by atoms with Crippen LogP contribution in [0.2, 0.25) is 0 Å². The fourth-order valence-electron chi connectivity index (χ4n) is 4.85. The molecule has 0 heterocycles. The average Bonchev–Trinajstić information content (AvgIpc) is 3.03. The van der Waals surface area contributed by atoms with Crippen LogP contribution in [0.4, 0.5) is 0 Å². The minimum absolute atomic E-state index is 0.146. The van der Waals surface area contributed by atoms with E-state index in [1.807, 2.05) is 0 Å². The second-order valence-electron chi connectivity index (χ2n) is 12.0. The summed E-state index contributed by atoms with van der Waals surface area (Å²) in [7, 11) is 0. The Kier molecular flexibility index (Phi) is 24.5. The van der Waals surface area contributed by atoms with Crippen LogP contribution >= 0.6 is 0 Å². The van der Waals surface area contributed by atoms with Gasteiger partial charge in [-0.3, -0.25) is 19.2 Å². The van der Waals surface area contributed by atoms with E-state index in [9.17, 15) is 54.0 Å². The molecule has 0 fully saturated rings. The first-order valence-corrected chi connectivity index (χ1v) is 16.6. The Morgan fingerprint density at radius 1 is 0.511 bits per heavy atom. The molecule has 47 heavy (non-hydrogen) atoms. The monoisotopic (exact) mass is 673 g/mol. The standard InChI is InChI=1S/C32H55N3O12/c36-21-32(22-37,23-38)35-28(41)20-18-25(31(46)47)34-27(40)19-17-24(30(44)45)33-26(39)15-13-11-9-7-5-3-1-2-4-6-8-10-12-14-16-29(42)43/h21,24-25,37-38H,1-20,22-23H2,(H,33,39)(H,34,40)(H,35,41)(H,42,43)(H,44,45)(H,46,47)/t24-,25-/m0/s1. The van der Waals surface area contributed by atoms with Gasteiger partial charge in [0.1, 0.15) is 23.9 Å². The third-order valence-corrected chi connectivity index (χ3v) is 7.81. The zero-order valence-electron chi connectivity index (χ0n) is 27.4. The zero-order valence-corrected chi connectivity index (χ0v) is 27.4. The van der Waals surface area contributed by atoms with E-state index in [-0.39, 0.29) is 32.0 Å². The van der Waals surface area contributed by atoms with E-state index in [0.717, 1.165) is 57.8 Å². The molecule has 3 amide bonds. The van der Waals surface area contributed by atoms with Gasteiger partial charge in [0.25, 0.3) is 0 Å². The molecule has 0 aliphatic rings. The van der Waals surface area contributed by atoms with Gasteiger partial charge in [-0.25, -0.2) is 9.59 Å². The molecule has 0 aliphatic heterocycles. The third kappa shape index (κ3) is 22.6. The first-order chi connectivity index (χ1) is 22.4. The van der Waals surface area contributed by atoms with E-state index >= 15 is 0 Å². The molecule has 0 radical (unpaired) electrons. The first kappa shape index (κ1) is 43.4. The molecule has 0 bridgehead atoms. The zero-order chi connectivity index (χ0) is 35.5. The summed E-state index contributed by atoms with van der Waals surface area (Å²) in [5.41, 5.74) is -1.91. The Bertz CT molecular complexity index is 971. The highest BCUT2D eigenvalue weighted by Gasteiger charge is 2.31. The largest absolute Gasteiger partial charge is 0.481 e. The van der Waals surface area contributed by atoms with Crippen molar-refractivity contribution in [3.05, 3.63) is 0 Å². The molecule has 8 N–H and O–H groups in total. The number of hydrogen-bond acceptors (Lipinski definition) is 9. The number of aliphatic hydroxyl groups excluding tert-OH is 2. The van der Waals surface area contributed by atoms with Crippen LogP contribution in [0.1, 0.15) is 128 Å². The normalized spacial score (nSPS) is 12.5. The maximum atomic E-state index is 12.3. The molecule has 0 rings (SSSR count). The van der Waals surface area contributed by atoms with Gasteiger partial charge < -0.3 is 46.3 Å². The molecular formula is C32H55N3O12. The molecule has 15 heteroatoms. The number of aldehydes is 1. The molecule has 0 unspecified atom stereocenters. The molecular weight excluding hydrogens is 618 g/mol. The van der Waals surface area contributed by atoms with Gasteiger partial charge >= 0.3 is 17.9 Å². The number of unbranched alkanes of at least 4 members (excludes halogenated alkanes) is 13. The van der Waals surface area contributed by atoms with Crippen molar-refractivity contribution in [2.45, 2.75) is 146 Å². The molecule has 0 aromatic heterocycles. The van der Waals surface area contributed by atoms with E-state index in [0.29, 0.717) is 6.42 Å². The Hall–Kier alpha value is -3.59. The molecule has 0 aromatic rings. The van der Waals surface area contributed by atoms with Gasteiger partial charge in [-0.05, 0) is 25.7 Å². The van der Waals surface area contributed by atoms with Crippen molar-refractivity contribution in [2.75, 3.05) is 13.2 Å². The number of carbonyl (C=O) groups excluding carboxylic acids is 4. The predicted molar refractivity (Wildman–Crippen MR) is 170 cm³/mol. The van der Waals surface area contributed by atoms with Gasteiger partial charge in [-0.1, -0.05) is 77.0 Å². The van der Waals surface area contributed by atoms with Crippen LogP contribution < -0.4 is 16.0 Å². The summed E-state index contributed by atoms with van der Waals surface area (Å²) in [6.07, 6.45) is 13.5. The lowest BCUT2D eigenvalue weighted by molar-refractivity contribution is -0.143. The molecule has 0 spiro atoms. The van der Waals surface area contributed by atoms with Crippen LogP contribution in [0.15, 0.2) is 0 Å². The average molecular weight is 674 g/mol. The summed E-state index contributed by atoms with van der Waals surface area (Å²) in [6, 6.07) is -2.84. The number of aliphatic carboxylic acids is 3. The van der Waals surface area contributed by atoms with Gasteiger partial charge in [0.2, 0.25) is 17.7 Å². The molecule has 0 saturated carbocycles. The van der Waals surface area contributed by atoms with Crippen molar-refractivity contribution in [1.29, 1.82) is 0 Å². The van der Waals surface area contributed by atoms with Gasteiger partial charge in [-0.2, -0.15) is 0 Å². The number of carboxylic acids is 3. The van der Waals surface area contributed by atoms with E-state index in [4.69, 9.17) is 5.11 Å². The quantitative estimate of drug-likeness (QED) is 0.0389. The predicted octanol–water partition coefficient (Wildman–Crippen LogP) is 2.05. The lowest BCUT2D eigenvalue weighted by Gasteiger charge is -2.24. The van der Waals surface area contributed by atoms with Gasteiger partial charge in [0.15, 0.2) is 0 Å². The van der Waals surface area contributed by atoms with Crippen LogP contribution in [0.5, 0.6) is 0 Å². The first-order valence-electron chi connectivity index (χ1n) is 16.6. The summed E-state index contributed by atoms with van der Waals surface area (Å²) >= 11 is 0. The summed E-state index contributed by atoms with van der Waals surface area (Å²) < 4.78 is 0. The van der Waals surface area contributed by atoms with E-state index in [1.165, 1.54) is 25.7 Å². The van der Waals surface area contributed by atoms with Crippen LogP contribution in [-0.4, -0.2) is 98.3 Å². The second-order valence-corrected chi connectivity index (χ2v) is 12.0. The fraction of sp³-hybridized carbons (Fsp3) is 0.781. The number of aliphatic hydroxyl groups is 2. The highest BCUT2D eigenvalue weighted by Crippen LogP contribution is 2.14. The third-order valence-electron chi connectivity index (χ3n) is 7.81. The lowest BCUT2D eigenvalue weighted by Crippen LogP contribution is -2.55. The number of rotatable bonds is 31. The highest BCUT2D eigenvalue weighted by molar-refractivity contribution is 5.87. The Morgan fingerprint density at radius 2 is 0.851 bits per heavy atom. The molecule has 0 aromatic carbocycles. The summed E-state index contributed by atoms with van der Waals surface area (Å²) in [5.74, 6) is -5.60. The molecule has 270 valence electrons. The van der Waals surface area contributed by atoms with Crippen LogP contribution in [0, 0.1) is 0 Å². The number of hydrogen-bond donors (Lipinski definition) is 8. The number of carboxylic acid groups (broad SMARTS) is 3. The summed E-state index contributed by atoms with van der Waals surface area (Å²) in [4.78, 5) is 81.4. The van der Waals surface area contributed by atoms with Crippen molar-refractivity contribution < 1.29 is 59.1 Å². The van der Waals surface area contributed by atoms with Crippen molar-refractivity contribution in [3.63, 3.8) is 0 Å². The van der Waals surface area contributed by atoms with Gasteiger partial charge in [-0.15, -0.1) is 0 Å². The molecule has 0 saturated heterocycles. The summed E-state index contributed by atoms with van der Waals surface area (Å²) in [5, 5.41) is 52.6. The maximum Gasteiger partial charge on any atom is 0.326 e. The molecule has 0 aliphatic carbocycles. The van der Waals surface area contributed by atoms with E-state index < -0.39 is 79.3 Å². The van der Waals surface area contributed by atoms with E-state index in [2.05, 4.69) is 16.0 Å². The van der Waals surface area contributed by atoms with Crippen molar-refractivity contribution in [3.8, 4) is 0 Å². The Labute approximate surface area is 276 Å². The second kappa shape index (κ2) is 26.5. The fourth-order valence-corrected chi connectivity index (χ4v) is 4.85. The Balaban J connectivity index is 4.17. The summed E-state index contributed by atoms with van der Waals surface area (Å²) in [6.45, 7) is -1.74. The van der Waals surface area contributed by atoms with Crippen molar-refractivity contribution >= 4 is 41.9 Å². The minimum atomic E-state index is -1.91.